The van der Waals surface area contributed by atoms with Gasteiger partial charge in [-0.25, -0.2) is 0 Å². The third kappa shape index (κ3) is 2.86. The van der Waals surface area contributed by atoms with Gasteiger partial charge in [0.2, 0.25) is 5.91 Å². The number of halogens is 1. The number of amides is 1. The van der Waals surface area contributed by atoms with Crippen molar-refractivity contribution >= 4 is 28.8 Å². The van der Waals surface area contributed by atoms with Gasteiger partial charge < -0.3 is 10.6 Å². The number of carbonyl (C=O) groups is 1. The number of hydrogen-bond donors (Lipinski definition) is 1. The second-order valence-electron chi connectivity index (χ2n) is 5.78. The van der Waals surface area contributed by atoms with Gasteiger partial charge in [-0.2, -0.15) is 0 Å². The molecule has 1 aromatic heterocycles. The highest BCUT2D eigenvalue weighted by molar-refractivity contribution is 7.16. The summed E-state index contributed by atoms with van der Waals surface area (Å²) in [7, 11) is 0. The van der Waals surface area contributed by atoms with Crippen LogP contribution in [0.4, 0.5) is 0 Å². The zero-order valence-electron chi connectivity index (χ0n) is 11.5. The quantitative estimate of drug-likeness (QED) is 0.927. The first-order valence-corrected chi connectivity index (χ1v) is 8.31. The SMILES string of the molecule is NC1(C(=O)N2CCN(Cc3ccc(Cl)s3)CC2)CCC1. The van der Waals surface area contributed by atoms with E-state index in [4.69, 9.17) is 17.3 Å². The predicted molar refractivity (Wildman–Crippen MR) is 82.0 cm³/mol. The van der Waals surface area contributed by atoms with Crippen LogP contribution in [0.3, 0.4) is 0 Å². The van der Waals surface area contributed by atoms with E-state index >= 15 is 0 Å². The molecule has 1 aliphatic heterocycles. The molecule has 20 heavy (non-hydrogen) atoms. The lowest BCUT2D eigenvalue weighted by molar-refractivity contribution is -0.142. The molecule has 3 rings (SSSR count). The van der Waals surface area contributed by atoms with Crippen LogP contribution in [0.1, 0.15) is 24.1 Å². The molecule has 6 heteroatoms. The van der Waals surface area contributed by atoms with Gasteiger partial charge in [-0.1, -0.05) is 11.6 Å². The van der Waals surface area contributed by atoms with E-state index in [1.165, 1.54) is 4.88 Å². The molecule has 1 saturated heterocycles. The fourth-order valence-corrected chi connectivity index (χ4v) is 3.98. The Hall–Kier alpha value is -0.620. The Morgan fingerprint density at radius 3 is 2.50 bits per heavy atom. The molecule has 0 atom stereocenters. The van der Waals surface area contributed by atoms with Gasteiger partial charge >= 0.3 is 0 Å². The summed E-state index contributed by atoms with van der Waals surface area (Å²) in [4.78, 5) is 17.9. The van der Waals surface area contributed by atoms with Gasteiger partial charge in [0, 0.05) is 37.6 Å². The van der Waals surface area contributed by atoms with E-state index in [1.54, 1.807) is 11.3 Å². The summed E-state index contributed by atoms with van der Waals surface area (Å²) in [5.41, 5.74) is 5.57. The molecular formula is C14H20ClN3OS. The highest BCUT2D eigenvalue weighted by Gasteiger charge is 2.43. The van der Waals surface area contributed by atoms with Gasteiger partial charge in [0.05, 0.1) is 9.88 Å². The van der Waals surface area contributed by atoms with Gasteiger partial charge in [-0.05, 0) is 31.4 Å². The van der Waals surface area contributed by atoms with Crippen molar-refractivity contribution in [3.05, 3.63) is 21.3 Å². The van der Waals surface area contributed by atoms with Crippen LogP contribution < -0.4 is 5.73 Å². The Kier molecular flexibility index (Phi) is 4.04. The molecule has 0 spiro atoms. The number of thiophene rings is 1. The molecule has 0 unspecified atom stereocenters. The number of piperazine rings is 1. The number of nitrogens with two attached hydrogens (primary N) is 1. The van der Waals surface area contributed by atoms with Crippen LogP contribution in [0.2, 0.25) is 4.34 Å². The van der Waals surface area contributed by atoms with E-state index in [2.05, 4.69) is 11.0 Å². The van der Waals surface area contributed by atoms with Crippen molar-refractivity contribution in [2.75, 3.05) is 26.2 Å². The number of rotatable bonds is 3. The maximum Gasteiger partial charge on any atom is 0.242 e. The molecule has 2 fully saturated rings. The van der Waals surface area contributed by atoms with Crippen molar-refractivity contribution in [2.24, 2.45) is 5.73 Å². The van der Waals surface area contributed by atoms with Crippen molar-refractivity contribution < 1.29 is 4.79 Å². The molecule has 2 heterocycles. The Balaban J connectivity index is 1.50. The molecule has 110 valence electrons. The normalized spacial score (nSPS) is 22.6. The molecule has 1 saturated carbocycles. The minimum atomic E-state index is -0.552. The Morgan fingerprint density at radius 1 is 1.30 bits per heavy atom. The summed E-state index contributed by atoms with van der Waals surface area (Å²) in [6.45, 7) is 4.33. The van der Waals surface area contributed by atoms with E-state index < -0.39 is 5.54 Å². The highest BCUT2D eigenvalue weighted by Crippen LogP contribution is 2.31. The standard InChI is InChI=1S/C14H20ClN3OS/c15-12-3-2-11(20-12)10-17-6-8-18(9-7-17)13(19)14(16)4-1-5-14/h2-3H,1,4-10,16H2. The van der Waals surface area contributed by atoms with Crippen molar-refractivity contribution in [1.29, 1.82) is 0 Å². The van der Waals surface area contributed by atoms with Crippen molar-refractivity contribution in [1.82, 2.24) is 9.80 Å². The highest BCUT2D eigenvalue weighted by atomic mass is 35.5. The smallest absolute Gasteiger partial charge is 0.242 e. The van der Waals surface area contributed by atoms with Crippen LogP contribution in [0, 0.1) is 0 Å². The van der Waals surface area contributed by atoms with E-state index in [1.807, 2.05) is 11.0 Å². The lowest BCUT2D eigenvalue weighted by Gasteiger charge is -2.43. The Labute approximate surface area is 128 Å². The Morgan fingerprint density at radius 2 is 2.00 bits per heavy atom. The van der Waals surface area contributed by atoms with Crippen molar-refractivity contribution in [3.8, 4) is 0 Å². The van der Waals surface area contributed by atoms with E-state index in [0.717, 1.165) is 56.3 Å². The summed E-state index contributed by atoms with van der Waals surface area (Å²) < 4.78 is 0.837. The zero-order valence-corrected chi connectivity index (χ0v) is 13.1. The van der Waals surface area contributed by atoms with Crippen LogP contribution in [-0.4, -0.2) is 47.4 Å². The molecule has 1 aromatic rings. The molecule has 4 nitrogen and oxygen atoms in total. The summed E-state index contributed by atoms with van der Waals surface area (Å²) in [6, 6.07) is 4.02. The van der Waals surface area contributed by atoms with E-state index in [-0.39, 0.29) is 5.91 Å². The molecule has 2 N–H and O–H groups in total. The fourth-order valence-electron chi connectivity index (χ4n) is 2.85. The van der Waals surface area contributed by atoms with Gasteiger partial charge in [0.1, 0.15) is 0 Å². The summed E-state index contributed by atoms with van der Waals surface area (Å²) in [5, 5.41) is 0. The zero-order chi connectivity index (χ0) is 14.2. The second-order valence-corrected chi connectivity index (χ2v) is 7.58. The molecular weight excluding hydrogens is 294 g/mol. The van der Waals surface area contributed by atoms with Gasteiger partial charge in [-0.3, -0.25) is 9.69 Å². The second kappa shape index (κ2) is 5.64. The molecule has 1 amide bonds. The third-order valence-corrected chi connectivity index (χ3v) is 5.56. The molecule has 0 aromatic carbocycles. The van der Waals surface area contributed by atoms with Gasteiger partial charge in [0.15, 0.2) is 0 Å². The summed E-state index contributed by atoms with van der Waals surface area (Å²) in [6.07, 6.45) is 2.78. The van der Waals surface area contributed by atoms with Crippen molar-refractivity contribution in [2.45, 2.75) is 31.3 Å². The number of hydrogen-bond acceptors (Lipinski definition) is 4. The largest absolute Gasteiger partial charge is 0.339 e. The molecule has 2 aliphatic rings. The summed E-state index contributed by atoms with van der Waals surface area (Å²) in [5.74, 6) is 0.155. The molecule has 1 aliphatic carbocycles. The first-order valence-electron chi connectivity index (χ1n) is 7.12. The van der Waals surface area contributed by atoms with Crippen LogP contribution in [0.15, 0.2) is 12.1 Å². The van der Waals surface area contributed by atoms with Crippen LogP contribution in [-0.2, 0) is 11.3 Å². The number of carbonyl (C=O) groups excluding carboxylic acids is 1. The minimum absolute atomic E-state index is 0.155. The van der Waals surface area contributed by atoms with Gasteiger partial charge in [-0.15, -0.1) is 11.3 Å². The number of nitrogens with zero attached hydrogens (tertiary/aromatic N) is 2. The first kappa shape index (κ1) is 14.3. The maximum absolute atomic E-state index is 12.3. The maximum atomic E-state index is 12.3. The Bertz CT molecular complexity index is 492. The van der Waals surface area contributed by atoms with Crippen LogP contribution in [0.25, 0.3) is 0 Å². The monoisotopic (exact) mass is 313 g/mol. The van der Waals surface area contributed by atoms with Crippen LogP contribution >= 0.6 is 22.9 Å². The molecule has 0 radical (unpaired) electrons. The van der Waals surface area contributed by atoms with Crippen LogP contribution in [0.5, 0.6) is 0 Å². The van der Waals surface area contributed by atoms with E-state index in [0.29, 0.717) is 0 Å². The minimum Gasteiger partial charge on any atom is -0.339 e. The third-order valence-electron chi connectivity index (χ3n) is 4.34. The predicted octanol–water partition coefficient (Wildman–Crippen LogP) is 1.93. The van der Waals surface area contributed by atoms with Crippen molar-refractivity contribution in [3.63, 3.8) is 0 Å². The lowest BCUT2D eigenvalue weighted by atomic mass is 9.76. The average molecular weight is 314 g/mol. The topological polar surface area (TPSA) is 49.6 Å². The van der Waals surface area contributed by atoms with E-state index in [9.17, 15) is 4.79 Å². The fraction of sp³-hybridized carbons (Fsp3) is 0.643. The molecule has 0 bridgehead atoms. The summed E-state index contributed by atoms with van der Waals surface area (Å²) >= 11 is 7.58. The van der Waals surface area contributed by atoms with Gasteiger partial charge in [0.25, 0.3) is 0 Å². The first-order chi connectivity index (χ1) is 9.57. The lowest BCUT2D eigenvalue weighted by Crippen LogP contribution is -2.62. The average Bonchev–Trinajstić information content (AvgIpc) is 2.81.